The molecule has 1 N–H and O–H groups in total. The SMILES string of the molecule is O/N=C1/c2ccccc2OC(c2ccc(Cl)cc2)C1n1ccnc1. The van der Waals surface area contributed by atoms with Crippen LogP contribution in [0.25, 0.3) is 0 Å². The highest BCUT2D eigenvalue weighted by Crippen LogP contribution is 2.41. The maximum Gasteiger partial charge on any atom is 0.150 e. The zero-order valence-electron chi connectivity index (χ0n) is 12.6. The number of oxime groups is 1. The Balaban J connectivity index is 1.89. The van der Waals surface area contributed by atoms with Gasteiger partial charge in [0.25, 0.3) is 0 Å². The number of rotatable bonds is 2. The molecule has 2 unspecified atom stereocenters. The van der Waals surface area contributed by atoms with E-state index in [0.29, 0.717) is 16.5 Å². The monoisotopic (exact) mass is 339 g/mol. The molecule has 1 aliphatic heterocycles. The standard InChI is InChI=1S/C18H14ClN3O2/c19-13-7-5-12(6-8-13)18-17(22-10-9-20-11-22)16(21-23)14-3-1-2-4-15(14)24-18/h1-11,17-18,23H/b21-16-. The third kappa shape index (κ3) is 2.43. The van der Waals surface area contributed by atoms with Crippen molar-refractivity contribution in [3.05, 3.63) is 83.4 Å². The minimum Gasteiger partial charge on any atom is -0.482 e. The number of hydrogen-bond donors (Lipinski definition) is 1. The third-order valence-electron chi connectivity index (χ3n) is 4.14. The van der Waals surface area contributed by atoms with Gasteiger partial charge in [-0.3, -0.25) is 0 Å². The summed E-state index contributed by atoms with van der Waals surface area (Å²) in [5, 5.41) is 13.9. The summed E-state index contributed by atoms with van der Waals surface area (Å²) >= 11 is 6.00. The van der Waals surface area contributed by atoms with Crippen LogP contribution < -0.4 is 4.74 Å². The van der Waals surface area contributed by atoms with Crippen molar-refractivity contribution in [2.24, 2.45) is 5.16 Å². The van der Waals surface area contributed by atoms with Gasteiger partial charge in [0, 0.05) is 23.0 Å². The van der Waals surface area contributed by atoms with Crippen LogP contribution in [0.4, 0.5) is 0 Å². The van der Waals surface area contributed by atoms with E-state index in [2.05, 4.69) is 10.1 Å². The van der Waals surface area contributed by atoms with E-state index in [4.69, 9.17) is 16.3 Å². The van der Waals surface area contributed by atoms with Crippen LogP contribution in [0.1, 0.15) is 23.3 Å². The molecule has 5 nitrogen and oxygen atoms in total. The van der Waals surface area contributed by atoms with Crippen LogP contribution in [-0.4, -0.2) is 20.5 Å². The first-order valence-electron chi connectivity index (χ1n) is 7.49. The number of hydrogen-bond acceptors (Lipinski definition) is 4. The molecule has 0 bridgehead atoms. The Morgan fingerprint density at radius 2 is 1.92 bits per heavy atom. The molecule has 0 fully saturated rings. The fourth-order valence-electron chi connectivity index (χ4n) is 3.03. The number of fused-ring (bicyclic) bond motifs is 1. The van der Waals surface area contributed by atoms with Crippen molar-refractivity contribution in [3.63, 3.8) is 0 Å². The average Bonchev–Trinajstić information content (AvgIpc) is 3.15. The van der Waals surface area contributed by atoms with E-state index < -0.39 is 0 Å². The number of imidazole rings is 1. The summed E-state index contributed by atoms with van der Waals surface area (Å²) in [6, 6.07) is 14.7. The molecular formula is C18H14ClN3O2. The first-order chi connectivity index (χ1) is 11.8. The van der Waals surface area contributed by atoms with Gasteiger partial charge in [-0.05, 0) is 29.8 Å². The highest BCUT2D eigenvalue weighted by atomic mass is 35.5. The molecule has 0 saturated carbocycles. The summed E-state index contributed by atoms with van der Waals surface area (Å²) in [4.78, 5) is 4.11. The topological polar surface area (TPSA) is 59.6 Å². The summed E-state index contributed by atoms with van der Waals surface area (Å²) in [5.74, 6) is 0.682. The maximum atomic E-state index is 9.69. The first-order valence-corrected chi connectivity index (χ1v) is 7.86. The molecule has 1 aliphatic rings. The number of ether oxygens (including phenoxy) is 1. The van der Waals surface area contributed by atoms with Gasteiger partial charge >= 0.3 is 0 Å². The van der Waals surface area contributed by atoms with Crippen molar-refractivity contribution in [1.29, 1.82) is 0 Å². The maximum absolute atomic E-state index is 9.69. The molecule has 3 aromatic rings. The normalized spacial score (nSPS) is 21.3. The molecule has 24 heavy (non-hydrogen) atoms. The summed E-state index contributed by atoms with van der Waals surface area (Å²) in [6.45, 7) is 0. The largest absolute Gasteiger partial charge is 0.482 e. The van der Waals surface area contributed by atoms with Gasteiger partial charge in [-0.2, -0.15) is 0 Å². The van der Waals surface area contributed by atoms with Gasteiger partial charge in [0.15, 0.2) is 6.10 Å². The molecule has 0 spiro atoms. The zero-order valence-corrected chi connectivity index (χ0v) is 13.3. The molecule has 2 aromatic carbocycles. The highest BCUT2D eigenvalue weighted by molar-refractivity contribution is 6.30. The van der Waals surface area contributed by atoms with Crippen molar-refractivity contribution in [3.8, 4) is 5.75 Å². The second kappa shape index (κ2) is 6.02. The van der Waals surface area contributed by atoms with E-state index in [1.54, 1.807) is 12.5 Å². The van der Waals surface area contributed by atoms with Crippen molar-refractivity contribution in [2.75, 3.05) is 0 Å². The molecule has 0 saturated heterocycles. The van der Waals surface area contributed by atoms with Crippen molar-refractivity contribution in [1.82, 2.24) is 9.55 Å². The van der Waals surface area contributed by atoms with Crippen LogP contribution in [0, 0.1) is 0 Å². The van der Waals surface area contributed by atoms with Gasteiger partial charge in [-0.1, -0.05) is 41.0 Å². The molecule has 4 rings (SSSR count). The molecular weight excluding hydrogens is 326 g/mol. The van der Waals surface area contributed by atoms with Gasteiger partial charge in [0.1, 0.15) is 17.5 Å². The Bertz CT molecular complexity index is 876. The van der Waals surface area contributed by atoms with Crippen LogP contribution in [0.3, 0.4) is 0 Å². The Labute approximate surface area is 143 Å². The van der Waals surface area contributed by atoms with Crippen LogP contribution in [0.15, 0.2) is 72.4 Å². The van der Waals surface area contributed by atoms with Gasteiger partial charge in [0.05, 0.1) is 6.33 Å². The average molecular weight is 340 g/mol. The third-order valence-corrected chi connectivity index (χ3v) is 4.39. The predicted molar refractivity (Wildman–Crippen MR) is 90.9 cm³/mol. The number of benzene rings is 2. The van der Waals surface area contributed by atoms with Gasteiger partial charge in [-0.15, -0.1) is 0 Å². The molecule has 0 aliphatic carbocycles. The highest BCUT2D eigenvalue weighted by Gasteiger charge is 2.38. The zero-order chi connectivity index (χ0) is 16.5. The Morgan fingerprint density at radius 1 is 1.12 bits per heavy atom. The molecule has 2 atom stereocenters. The molecule has 1 aromatic heterocycles. The lowest BCUT2D eigenvalue weighted by Crippen LogP contribution is -2.34. The van der Waals surface area contributed by atoms with Gasteiger partial charge in [-0.25, -0.2) is 4.98 Å². The van der Waals surface area contributed by atoms with Gasteiger partial charge < -0.3 is 14.5 Å². The van der Waals surface area contributed by atoms with Crippen LogP contribution in [0.5, 0.6) is 5.75 Å². The van der Waals surface area contributed by atoms with Crippen LogP contribution >= 0.6 is 11.6 Å². The lowest BCUT2D eigenvalue weighted by molar-refractivity contribution is 0.157. The van der Waals surface area contributed by atoms with Gasteiger partial charge in [0.2, 0.25) is 0 Å². The summed E-state index contributed by atoms with van der Waals surface area (Å²) in [7, 11) is 0. The van der Waals surface area contributed by atoms with Crippen molar-refractivity contribution < 1.29 is 9.94 Å². The Hall–Kier alpha value is -2.79. The second-order valence-electron chi connectivity index (χ2n) is 5.53. The van der Waals surface area contributed by atoms with E-state index in [-0.39, 0.29) is 12.1 Å². The lowest BCUT2D eigenvalue weighted by atomic mass is 9.90. The lowest BCUT2D eigenvalue weighted by Gasteiger charge is -2.35. The van der Waals surface area contributed by atoms with E-state index in [0.717, 1.165) is 11.1 Å². The van der Waals surface area contributed by atoms with E-state index >= 15 is 0 Å². The number of aromatic nitrogens is 2. The number of nitrogens with zero attached hydrogens (tertiary/aromatic N) is 3. The molecule has 120 valence electrons. The fourth-order valence-corrected chi connectivity index (χ4v) is 3.16. The van der Waals surface area contributed by atoms with E-state index in [9.17, 15) is 5.21 Å². The minimum absolute atomic E-state index is 0.339. The van der Waals surface area contributed by atoms with Crippen molar-refractivity contribution in [2.45, 2.75) is 12.1 Å². The number of para-hydroxylation sites is 1. The fraction of sp³-hybridized carbons (Fsp3) is 0.111. The molecule has 2 heterocycles. The minimum atomic E-state index is -0.364. The van der Waals surface area contributed by atoms with Crippen LogP contribution in [0.2, 0.25) is 5.02 Å². The first kappa shape index (κ1) is 14.8. The van der Waals surface area contributed by atoms with Crippen molar-refractivity contribution >= 4 is 17.3 Å². The molecule has 0 amide bonds. The predicted octanol–water partition coefficient (Wildman–Crippen LogP) is 4.09. The van der Waals surface area contributed by atoms with Crippen LogP contribution in [-0.2, 0) is 0 Å². The molecule has 0 radical (unpaired) electrons. The Kier molecular flexibility index (Phi) is 3.70. The Morgan fingerprint density at radius 3 is 2.62 bits per heavy atom. The molecule has 6 heteroatoms. The number of halogens is 1. The summed E-state index contributed by atoms with van der Waals surface area (Å²) < 4.78 is 8.12. The quantitative estimate of drug-likeness (QED) is 0.565. The van der Waals surface area contributed by atoms with E-state index in [1.807, 2.05) is 59.3 Å². The second-order valence-corrected chi connectivity index (χ2v) is 5.96. The smallest absolute Gasteiger partial charge is 0.150 e. The van der Waals surface area contributed by atoms with E-state index in [1.165, 1.54) is 0 Å². The summed E-state index contributed by atoms with van der Waals surface area (Å²) in [5.41, 5.74) is 2.24. The summed E-state index contributed by atoms with van der Waals surface area (Å²) in [6.07, 6.45) is 4.85.